The standard InChI is InChI=1S/C22H26O4/c1-5-13-25-21(23)17-11-7-9-15(3)19(17)20-16(4)10-8-12-18(20)22(24)26-14-6-2/h7-12H,5-6,13-14H2,1-4H3. The Morgan fingerprint density at radius 1 is 0.731 bits per heavy atom. The molecule has 0 aliphatic carbocycles. The molecule has 0 unspecified atom stereocenters. The maximum Gasteiger partial charge on any atom is 0.338 e. The molecule has 0 aliphatic heterocycles. The van der Waals surface area contributed by atoms with Gasteiger partial charge in [-0.3, -0.25) is 0 Å². The Balaban J connectivity index is 2.61. The van der Waals surface area contributed by atoms with Gasteiger partial charge in [-0.25, -0.2) is 9.59 Å². The second-order valence-electron chi connectivity index (χ2n) is 6.27. The van der Waals surface area contributed by atoms with Crippen LogP contribution in [0, 0.1) is 13.8 Å². The fraction of sp³-hybridized carbons (Fsp3) is 0.364. The number of rotatable bonds is 7. The predicted molar refractivity (Wildman–Crippen MR) is 102 cm³/mol. The van der Waals surface area contributed by atoms with Crippen LogP contribution in [0.3, 0.4) is 0 Å². The Labute approximate surface area is 155 Å². The van der Waals surface area contributed by atoms with Crippen LogP contribution in [-0.4, -0.2) is 25.2 Å². The fourth-order valence-electron chi connectivity index (χ4n) is 2.88. The molecule has 0 heterocycles. The summed E-state index contributed by atoms with van der Waals surface area (Å²) in [6, 6.07) is 11.0. The van der Waals surface area contributed by atoms with Gasteiger partial charge in [-0.1, -0.05) is 38.1 Å². The topological polar surface area (TPSA) is 52.6 Å². The number of aryl methyl sites for hydroxylation is 2. The van der Waals surface area contributed by atoms with Crippen molar-refractivity contribution in [3.05, 3.63) is 58.7 Å². The maximum absolute atomic E-state index is 12.6. The Bertz CT molecular complexity index is 725. The Hall–Kier alpha value is -2.62. The Kier molecular flexibility index (Phi) is 6.96. The van der Waals surface area contributed by atoms with Crippen molar-refractivity contribution in [2.24, 2.45) is 0 Å². The lowest BCUT2D eigenvalue weighted by Gasteiger charge is -2.17. The molecule has 4 heteroatoms. The molecule has 0 fully saturated rings. The highest BCUT2D eigenvalue weighted by Crippen LogP contribution is 2.34. The van der Waals surface area contributed by atoms with Crippen molar-refractivity contribution in [3.8, 4) is 11.1 Å². The van der Waals surface area contributed by atoms with Crippen molar-refractivity contribution in [2.45, 2.75) is 40.5 Å². The van der Waals surface area contributed by atoms with Gasteiger partial charge in [0.05, 0.1) is 24.3 Å². The van der Waals surface area contributed by atoms with Crippen LogP contribution in [0.4, 0.5) is 0 Å². The summed E-state index contributed by atoms with van der Waals surface area (Å²) in [6.07, 6.45) is 1.51. The van der Waals surface area contributed by atoms with Gasteiger partial charge in [-0.15, -0.1) is 0 Å². The van der Waals surface area contributed by atoms with Gasteiger partial charge in [0.2, 0.25) is 0 Å². The molecule has 0 radical (unpaired) electrons. The van der Waals surface area contributed by atoms with E-state index in [-0.39, 0.29) is 11.9 Å². The number of carbonyl (C=O) groups excluding carboxylic acids is 2. The van der Waals surface area contributed by atoms with Crippen molar-refractivity contribution in [1.82, 2.24) is 0 Å². The lowest BCUT2D eigenvalue weighted by Crippen LogP contribution is -2.12. The molecule has 2 aromatic rings. The van der Waals surface area contributed by atoms with Crippen LogP contribution in [0.2, 0.25) is 0 Å². The normalized spacial score (nSPS) is 10.5. The quantitative estimate of drug-likeness (QED) is 0.649. The number of benzene rings is 2. The van der Waals surface area contributed by atoms with Crippen molar-refractivity contribution in [2.75, 3.05) is 13.2 Å². The lowest BCUT2D eigenvalue weighted by molar-refractivity contribution is 0.0494. The Morgan fingerprint density at radius 2 is 1.12 bits per heavy atom. The van der Waals surface area contributed by atoms with E-state index in [1.807, 2.05) is 52.0 Å². The molecule has 2 rings (SSSR count). The van der Waals surface area contributed by atoms with Gasteiger partial charge >= 0.3 is 11.9 Å². The largest absolute Gasteiger partial charge is 0.462 e. The SMILES string of the molecule is CCCOC(=O)c1cccc(C)c1-c1c(C)cccc1C(=O)OCCC. The molecule has 0 bridgehead atoms. The molecule has 2 aromatic carbocycles. The zero-order valence-electron chi connectivity index (χ0n) is 15.9. The van der Waals surface area contributed by atoms with Crippen LogP contribution >= 0.6 is 0 Å². The highest BCUT2D eigenvalue weighted by Gasteiger charge is 2.23. The zero-order chi connectivity index (χ0) is 19.1. The zero-order valence-corrected chi connectivity index (χ0v) is 15.9. The summed E-state index contributed by atoms with van der Waals surface area (Å²) in [5, 5.41) is 0. The summed E-state index contributed by atoms with van der Waals surface area (Å²) in [7, 11) is 0. The third-order valence-corrected chi connectivity index (χ3v) is 4.11. The number of hydrogen-bond acceptors (Lipinski definition) is 4. The number of carbonyl (C=O) groups is 2. The first kappa shape index (κ1) is 19.7. The first-order valence-electron chi connectivity index (χ1n) is 9.05. The van der Waals surface area contributed by atoms with Crippen LogP contribution in [0.15, 0.2) is 36.4 Å². The number of hydrogen-bond donors (Lipinski definition) is 0. The van der Waals surface area contributed by atoms with E-state index < -0.39 is 0 Å². The summed E-state index contributed by atoms with van der Waals surface area (Å²) < 4.78 is 10.7. The van der Waals surface area contributed by atoms with Gasteiger partial charge in [-0.05, 0) is 49.9 Å². The van der Waals surface area contributed by atoms with E-state index in [4.69, 9.17) is 9.47 Å². The van der Waals surface area contributed by atoms with Crippen LogP contribution in [-0.2, 0) is 9.47 Å². The summed E-state index contributed by atoms with van der Waals surface area (Å²) in [5.41, 5.74) is 4.23. The predicted octanol–water partition coefficient (Wildman–Crippen LogP) is 5.10. The molecule has 138 valence electrons. The van der Waals surface area contributed by atoms with Gasteiger partial charge < -0.3 is 9.47 Å². The molecule has 0 N–H and O–H groups in total. The molecular weight excluding hydrogens is 328 g/mol. The average molecular weight is 354 g/mol. The smallest absolute Gasteiger partial charge is 0.338 e. The molecular formula is C22H26O4. The maximum atomic E-state index is 12.6. The van der Waals surface area contributed by atoms with E-state index >= 15 is 0 Å². The van der Waals surface area contributed by atoms with Crippen LogP contribution in [0.25, 0.3) is 11.1 Å². The summed E-state index contributed by atoms with van der Waals surface area (Å²) in [4.78, 5) is 25.2. The van der Waals surface area contributed by atoms with Gasteiger partial charge in [0.25, 0.3) is 0 Å². The van der Waals surface area contributed by atoms with Crippen LogP contribution in [0.5, 0.6) is 0 Å². The minimum Gasteiger partial charge on any atom is -0.462 e. The number of esters is 2. The van der Waals surface area contributed by atoms with Crippen LogP contribution in [0.1, 0.15) is 58.5 Å². The van der Waals surface area contributed by atoms with E-state index in [0.29, 0.717) is 24.3 Å². The van der Waals surface area contributed by atoms with Gasteiger partial charge in [-0.2, -0.15) is 0 Å². The summed E-state index contributed by atoms with van der Waals surface area (Å²) >= 11 is 0. The first-order valence-corrected chi connectivity index (χ1v) is 9.05. The third kappa shape index (κ3) is 4.31. The first-order chi connectivity index (χ1) is 12.5. The third-order valence-electron chi connectivity index (χ3n) is 4.11. The molecule has 26 heavy (non-hydrogen) atoms. The monoisotopic (exact) mass is 354 g/mol. The second-order valence-corrected chi connectivity index (χ2v) is 6.27. The summed E-state index contributed by atoms with van der Waals surface area (Å²) in [6.45, 7) is 8.50. The van der Waals surface area contributed by atoms with Crippen molar-refractivity contribution in [1.29, 1.82) is 0 Å². The molecule has 0 saturated heterocycles. The summed E-state index contributed by atoms with van der Waals surface area (Å²) in [5.74, 6) is -0.747. The highest BCUT2D eigenvalue weighted by atomic mass is 16.5. The average Bonchev–Trinajstić information content (AvgIpc) is 2.64. The molecule has 0 saturated carbocycles. The highest BCUT2D eigenvalue weighted by molar-refractivity contribution is 6.04. The second kappa shape index (κ2) is 9.18. The van der Waals surface area contributed by atoms with E-state index in [9.17, 15) is 9.59 Å². The van der Waals surface area contributed by atoms with Gasteiger partial charge in [0, 0.05) is 11.1 Å². The van der Waals surface area contributed by atoms with Gasteiger partial charge in [0.1, 0.15) is 0 Å². The molecule has 0 aliphatic rings. The van der Waals surface area contributed by atoms with E-state index in [1.165, 1.54) is 0 Å². The molecule has 0 amide bonds. The fourth-order valence-corrected chi connectivity index (χ4v) is 2.88. The van der Waals surface area contributed by atoms with E-state index in [2.05, 4.69) is 0 Å². The number of ether oxygens (including phenoxy) is 2. The Morgan fingerprint density at radius 3 is 1.46 bits per heavy atom. The minimum absolute atomic E-state index is 0.366. The van der Waals surface area contributed by atoms with Crippen LogP contribution < -0.4 is 0 Å². The minimum atomic E-state index is -0.373. The van der Waals surface area contributed by atoms with Crippen molar-refractivity contribution in [3.63, 3.8) is 0 Å². The molecule has 0 atom stereocenters. The van der Waals surface area contributed by atoms with Gasteiger partial charge in [0.15, 0.2) is 0 Å². The van der Waals surface area contributed by atoms with Crippen molar-refractivity contribution < 1.29 is 19.1 Å². The van der Waals surface area contributed by atoms with E-state index in [1.54, 1.807) is 12.1 Å². The van der Waals surface area contributed by atoms with Crippen molar-refractivity contribution >= 4 is 11.9 Å². The molecule has 0 spiro atoms. The molecule has 4 nitrogen and oxygen atoms in total. The van der Waals surface area contributed by atoms with E-state index in [0.717, 1.165) is 35.1 Å². The molecule has 0 aromatic heterocycles. The lowest BCUT2D eigenvalue weighted by atomic mass is 9.88.